The van der Waals surface area contributed by atoms with Crippen LogP contribution in [0.15, 0.2) is 59.6 Å². The number of nitrogens with one attached hydrogen (secondary N) is 3. The molecule has 0 radical (unpaired) electrons. The number of para-hydroxylation sites is 1. The first kappa shape index (κ1) is 18.3. The van der Waals surface area contributed by atoms with Crippen LogP contribution in [0.3, 0.4) is 0 Å². The van der Waals surface area contributed by atoms with Crippen LogP contribution < -0.4 is 20.7 Å². The Morgan fingerprint density at radius 1 is 1.08 bits per heavy atom. The minimum atomic E-state index is -0.127. The predicted octanol–water partition coefficient (Wildman–Crippen LogP) is 2.39. The summed E-state index contributed by atoms with van der Waals surface area (Å²) in [5, 5.41) is 8.99. The normalized spacial score (nSPS) is 10.9. The van der Waals surface area contributed by atoms with Gasteiger partial charge in [-0.2, -0.15) is 0 Å². The third-order valence-electron chi connectivity index (χ3n) is 3.37. The van der Waals surface area contributed by atoms with Gasteiger partial charge in [-0.3, -0.25) is 4.79 Å². The molecule has 132 valence electrons. The second-order valence-corrected chi connectivity index (χ2v) is 5.31. The summed E-state index contributed by atoms with van der Waals surface area (Å²) >= 11 is 0. The molecule has 0 saturated heterocycles. The maximum Gasteiger partial charge on any atom is 0.243 e. The maximum atomic E-state index is 12.0. The van der Waals surface area contributed by atoms with E-state index in [0.717, 1.165) is 17.0 Å². The minimum absolute atomic E-state index is 0.127. The number of carbonyl (C=O) groups excluding carboxylic acids is 1. The van der Waals surface area contributed by atoms with Crippen LogP contribution in [0.5, 0.6) is 5.75 Å². The van der Waals surface area contributed by atoms with Crippen LogP contribution in [0.1, 0.15) is 12.5 Å². The molecule has 6 nitrogen and oxygen atoms in total. The van der Waals surface area contributed by atoms with Crippen molar-refractivity contribution in [3.8, 4) is 5.75 Å². The summed E-state index contributed by atoms with van der Waals surface area (Å²) in [5.74, 6) is 1.26. The molecule has 0 saturated carbocycles. The minimum Gasteiger partial charge on any atom is -0.497 e. The summed E-state index contributed by atoms with van der Waals surface area (Å²) in [7, 11) is 1.64. The number of anilines is 1. The molecule has 0 aromatic heterocycles. The first-order chi connectivity index (χ1) is 12.2. The standard InChI is InChI=1S/C19H24N4O2/c1-3-20-19(21-13-15-8-7-11-17(12-15)25-2)22-14-18(24)23-16-9-5-4-6-10-16/h4-12H,3,13-14H2,1-2H3,(H,23,24)(H2,20,21,22). The van der Waals surface area contributed by atoms with Crippen LogP contribution in [0.4, 0.5) is 5.69 Å². The monoisotopic (exact) mass is 340 g/mol. The molecule has 0 spiro atoms. The molecule has 2 aromatic rings. The highest BCUT2D eigenvalue weighted by atomic mass is 16.5. The first-order valence-electron chi connectivity index (χ1n) is 8.21. The van der Waals surface area contributed by atoms with E-state index in [1.165, 1.54) is 0 Å². The summed E-state index contributed by atoms with van der Waals surface area (Å²) in [6.45, 7) is 3.32. The number of benzene rings is 2. The van der Waals surface area contributed by atoms with Crippen LogP contribution in [-0.2, 0) is 11.3 Å². The van der Waals surface area contributed by atoms with Crippen molar-refractivity contribution < 1.29 is 9.53 Å². The molecule has 6 heteroatoms. The van der Waals surface area contributed by atoms with Gasteiger partial charge in [0.15, 0.2) is 5.96 Å². The van der Waals surface area contributed by atoms with Crippen molar-refractivity contribution in [2.45, 2.75) is 13.5 Å². The highest BCUT2D eigenvalue weighted by Crippen LogP contribution is 2.13. The lowest BCUT2D eigenvalue weighted by atomic mass is 10.2. The van der Waals surface area contributed by atoms with E-state index in [1.807, 2.05) is 61.5 Å². The van der Waals surface area contributed by atoms with Crippen LogP contribution in [-0.4, -0.2) is 32.1 Å². The molecule has 0 aliphatic carbocycles. The Morgan fingerprint density at radius 3 is 2.60 bits per heavy atom. The number of hydrogen-bond donors (Lipinski definition) is 3. The molecule has 0 aliphatic heterocycles. The van der Waals surface area contributed by atoms with E-state index in [-0.39, 0.29) is 12.5 Å². The van der Waals surface area contributed by atoms with Crippen molar-refractivity contribution >= 4 is 17.6 Å². The lowest BCUT2D eigenvalue weighted by Gasteiger charge is -2.11. The molecular weight excluding hydrogens is 316 g/mol. The van der Waals surface area contributed by atoms with Crippen molar-refractivity contribution in [3.05, 3.63) is 60.2 Å². The highest BCUT2D eigenvalue weighted by Gasteiger charge is 2.04. The largest absolute Gasteiger partial charge is 0.497 e. The van der Waals surface area contributed by atoms with Crippen molar-refractivity contribution in [2.24, 2.45) is 4.99 Å². The van der Waals surface area contributed by atoms with Crippen molar-refractivity contribution in [1.29, 1.82) is 0 Å². The molecule has 0 fully saturated rings. The average Bonchev–Trinajstić information content (AvgIpc) is 2.65. The predicted molar refractivity (Wildman–Crippen MR) is 101 cm³/mol. The fraction of sp³-hybridized carbons (Fsp3) is 0.263. The molecule has 3 N–H and O–H groups in total. The van der Waals surface area contributed by atoms with Gasteiger partial charge in [-0.1, -0.05) is 30.3 Å². The molecular formula is C19H24N4O2. The Labute approximate surface area is 148 Å². The average molecular weight is 340 g/mol. The Hall–Kier alpha value is -3.02. The van der Waals surface area contributed by atoms with Gasteiger partial charge >= 0.3 is 0 Å². The van der Waals surface area contributed by atoms with E-state index >= 15 is 0 Å². The number of guanidine groups is 1. The third-order valence-corrected chi connectivity index (χ3v) is 3.37. The van der Waals surface area contributed by atoms with Gasteiger partial charge in [-0.15, -0.1) is 0 Å². The zero-order valence-electron chi connectivity index (χ0n) is 14.6. The van der Waals surface area contributed by atoms with Crippen LogP contribution in [0.25, 0.3) is 0 Å². The number of hydrogen-bond acceptors (Lipinski definition) is 3. The van der Waals surface area contributed by atoms with Crippen molar-refractivity contribution in [2.75, 3.05) is 25.5 Å². The number of methoxy groups -OCH3 is 1. The second-order valence-electron chi connectivity index (χ2n) is 5.31. The Morgan fingerprint density at radius 2 is 1.88 bits per heavy atom. The molecule has 0 unspecified atom stereocenters. The van der Waals surface area contributed by atoms with E-state index < -0.39 is 0 Å². The molecule has 25 heavy (non-hydrogen) atoms. The fourth-order valence-corrected chi connectivity index (χ4v) is 2.17. The maximum absolute atomic E-state index is 12.0. The second kappa shape index (κ2) is 9.97. The quantitative estimate of drug-likeness (QED) is 0.534. The van der Waals surface area contributed by atoms with E-state index in [9.17, 15) is 4.79 Å². The van der Waals surface area contributed by atoms with E-state index in [1.54, 1.807) is 7.11 Å². The third kappa shape index (κ3) is 6.55. The fourth-order valence-electron chi connectivity index (χ4n) is 2.17. The van der Waals surface area contributed by atoms with Crippen LogP contribution in [0, 0.1) is 0 Å². The number of rotatable bonds is 7. The molecule has 0 aliphatic rings. The van der Waals surface area contributed by atoms with Gasteiger partial charge in [0, 0.05) is 12.2 Å². The van der Waals surface area contributed by atoms with E-state index in [2.05, 4.69) is 20.9 Å². The summed E-state index contributed by atoms with van der Waals surface area (Å²) in [6.07, 6.45) is 0. The highest BCUT2D eigenvalue weighted by molar-refractivity contribution is 5.94. The summed E-state index contributed by atoms with van der Waals surface area (Å²) < 4.78 is 5.21. The van der Waals surface area contributed by atoms with Gasteiger partial charge in [-0.05, 0) is 36.8 Å². The van der Waals surface area contributed by atoms with Gasteiger partial charge in [0.05, 0.1) is 20.2 Å². The number of aliphatic imine (C=N–C) groups is 1. The van der Waals surface area contributed by atoms with Gasteiger partial charge in [0.25, 0.3) is 0 Å². The van der Waals surface area contributed by atoms with Gasteiger partial charge < -0.3 is 20.7 Å². The summed E-state index contributed by atoms with van der Waals surface area (Å²) in [6, 6.07) is 17.1. The zero-order valence-corrected chi connectivity index (χ0v) is 14.6. The number of amides is 1. The zero-order chi connectivity index (χ0) is 17.9. The number of carbonyl (C=O) groups is 1. The molecule has 2 rings (SSSR count). The lowest BCUT2D eigenvalue weighted by Crippen LogP contribution is -2.41. The Balaban J connectivity index is 1.89. The van der Waals surface area contributed by atoms with E-state index in [4.69, 9.17) is 4.74 Å². The first-order valence-corrected chi connectivity index (χ1v) is 8.21. The SMILES string of the molecule is CCNC(=NCc1cccc(OC)c1)NCC(=O)Nc1ccccc1. The molecule has 1 amide bonds. The lowest BCUT2D eigenvalue weighted by molar-refractivity contribution is -0.115. The van der Waals surface area contributed by atoms with Crippen LogP contribution >= 0.6 is 0 Å². The number of ether oxygens (including phenoxy) is 1. The van der Waals surface area contributed by atoms with Gasteiger partial charge in [0.2, 0.25) is 5.91 Å². The number of nitrogens with zero attached hydrogens (tertiary/aromatic N) is 1. The smallest absolute Gasteiger partial charge is 0.243 e. The van der Waals surface area contributed by atoms with Gasteiger partial charge in [0.1, 0.15) is 5.75 Å². The van der Waals surface area contributed by atoms with Crippen molar-refractivity contribution in [3.63, 3.8) is 0 Å². The Kier molecular flexibility index (Phi) is 7.31. The van der Waals surface area contributed by atoms with Crippen LogP contribution in [0.2, 0.25) is 0 Å². The Bertz CT molecular complexity index is 702. The van der Waals surface area contributed by atoms with Gasteiger partial charge in [-0.25, -0.2) is 4.99 Å². The molecule has 0 atom stereocenters. The van der Waals surface area contributed by atoms with E-state index in [0.29, 0.717) is 19.0 Å². The molecule has 0 heterocycles. The summed E-state index contributed by atoms with van der Waals surface area (Å²) in [5.41, 5.74) is 1.80. The topological polar surface area (TPSA) is 74.8 Å². The van der Waals surface area contributed by atoms with Crippen molar-refractivity contribution in [1.82, 2.24) is 10.6 Å². The summed E-state index contributed by atoms with van der Waals surface area (Å²) in [4.78, 5) is 16.5. The molecule has 2 aromatic carbocycles. The molecule has 0 bridgehead atoms.